The first-order valence-corrected chi connectivity index (χ1v) is 37.7. The molecule has 0 saturated carbocycles. The molecule has 4 aromatic carbocycles. The second-order valence-corrected chi connectivity index (χ2v) is 31.5. The van der Waals surface area contributed by atoms with Gasteiger partial charge in [0.2, 0.25) is 6.29 Å². The monoisotopic (exact) mass is 1580 g/mol. The number of benzene rings is 4. The Bertz CT molecular complexity index is 4150. The smallest absolute Gasteiger partial charge is 0.202 e. The third kappa shape index (κ3) is 16.4. The fourth-order valence-corrected chi connectivity index (χ4v) is 16.8. The SMILES string of the molecule is CC(=O)[C@]1(O)Cc2c(O)c3c(c(O)c2[C@@H](O[C@H]2C[C@H](N)[C@H](O)[C@H](C)O2)C1)C(=O)c1ccccc1C3=O.CO[C@H](C(=O)[C@@H](O)[C@@H](C)O)[C@@H]1Cc2cc3cc(O[C@H]4C[C@@H](O[C@H]5C[C@@H](O)[C@H](O)[C@@H](C)O5)[C@H](O)[C@@H](C)O4)c(C)c(O)c3c(O)c2C(=O)[C@H]1O[C@H]1C[C@@H](O[C@H]2C[C@@H](O[C@H]3C[C@](C)(O)[C@H](O)[C@@H](C)O3)[C@@H](O)[C@@H](C)O2)[C@H](O)[C@@H](C)O1. The number of rotatable bonds is 18. The van der Waals surface area contributed by atoms with Gasteiger partial charge in [-0.15, -0.1) is 0 Å². The number of ether oxygens (including phenoxy) is 13. The molecule has 17 N–H and O–H groups in total. The summed E-state index contributed by atoms with van der Waals surface area (Å²) < 4.78 is 78.3. The highest BCUT2D eigenvalue weighted by Crippen LogP contribution is 2.53. The molecule has 0 radical (unpaired) electrons. The molecule has 0 aromatic heterocycles. The van der Waals surface area contributed by atoms with Gasteiger partial charge in [0.1, 0.15) is 83.2 Å². The molecule has 6 fully saturated rings. The summed E-state index contributed by atoms with van der Waals surface area (Å²) >= 11 is 0. The van der Waals surface area contributed by atoms with Gasteiger partial charge in [0, 0.05) is 98.3 Å². The molecule has 0 amide bonds. The van der Waals surface area contributed by atoms with Gasteiger partial charge in [-0.05, 0) is 98.7 Å². The lowest BCUT2D eigenvalue weighted by atomic mass is 9.72. The van der Waals surface area contributed by atoms with E-state index < -0.39 is 247 Å². The maximum atomic E-state index is 15.0. The van der Waals surface area contributed by atoms with E-state index in [1.54, 1.807) is 46.8 Å². The summed E-state index contributed by atoms with van der Waals surface area (Å²) in [5, 5.41) is 164. The Hall–Kier alpha value is -6.47. The van der Waals surface area contributed by atoms with Crippen molar-refractivity contribution in [1.82, 2.24) is 0 Å². The average molecular weight is 1580 g/mol. The number of fused-ring (bicyclic) bond motifs is 5. The van der Waals surface area contributed by atoms with E-state index in [1.165, 1.54) is 66.0 Å². The van der Waals surface area contributed by atoms with Crippen LogP contribution in [0.2, 0.25) is 0 Å². The van der Waals surface area contributed by atoms with Crippen LogP contribution >= 0.6 is 0 Å². The molecule has 3 aliphatic carbocycles. The number of hydrogen-bond donors (Lipinski definition) is 16. The number of hydrogen-bond acceptors (Lipinski definition) is 34. The molecule has 34 nitrogen and oxygen atoms in total. The van der Waals surface area contributed by atoms with Crippen molar-refractivity contribution in [2.45, 2.75) is 310 Å². The minimum Gasteiger partial charge on any atom is -0.507 e. The summed E-state index contributed by atoms with van der Waals surface area (Å²) in [6.07, 6.45) is -31.4. The van der Waals surface area contributed by atoms with Crippen molar-refractivity contribution in [3.63, 3.8) is 0 Å². The number of phenolic OH excluding ortho intramolecular Hbond substituents is 4. The van der Waals surface area contributed by atoms with Crippen LogP contribution in [0.15, 0.2) is 36.4 Å². The minimum atomic E-state index is -1.97. The standard InChI is InChI=1S/C52H76O24.C26H27NO9/c1-18-29(72-34-14-30(43(58)21(4)68-34)73-33-13-28(54)42(57)20(3)67-33)12-26-10-25-11-27(49(66-9)48(63)41(56)19(2)53)50(47(62)39(25)46(61)38(26)40(18)55)76-36-16-31(44(59)23(6)70-36)74-35-15-32(45(60)22(5)69-35)75-37-17-52(8,65)51(64)24(7)71-37;1-10-21(29)15(27)7-17(35-10)36-16-9-26(34,11(2)28)8-14-18(16)25(33)20-19(24(14)32)22(30)12-5-3-4-6-13(12)23(20)31/h10,12,19-24,27-28,30-37,41-45,49-51,53-61,64-65H,11,13-17H2,1-9H3;3-6,10,15-17,21,29,32-34H,7-9,27H2,1-2H3/t19-,20-,21-,22-,23-,24-,27+,28-,30-,31-,32-,33+,34+,35+,36+,37+,41+,42-,43-,44-,45+,49+,50+,51-,52+;10-,15-,16-,17-,21+,26-/m10/s1. The molecule has 618 valence electrons. The number of carbonyl (C=O) groups is 5. The van der Waals surface area contributed by atoms with Crippen molar-refractivity contribution in [3.8, 4) is 28.7 Å². The van der Waals surface area contributed by atoms with E-state index in [2.05, 4.69) is 0 Å². The molecule has 6 heterocycles. The number of carbonyl (C=O) groups excluding carboxylic acids is 5. The van der Waals surface area contributed by atoms with Crippen LogP contribution in [0.5, 0.6) is 28.7 Å². The molecular weight excluding hydrogens is 1480 g/mol. The van der Waals surface area contributed by atoms with Crippen molar-refractivity contribution >= 4 is 39.7 Å². The van der Waals surface area contributed by atoms with Gasteiger partial charge in [0.25, 0.3) is 0 Å². The Morgan fingerprint density at radius 3 is 1.61 bits per heavy atom. The fraction of sp³-hybridized carbons (Fsp3) is 0.654. The Labute approximate surface area is 643 Å². The largest absolute Gasteiger partial charge is 0.507 e. The van der Waals surface area contributed by atoms with Crippen molar-refractivity contribution < 1.29 is 162 Å². The molecule has 6 saturated heterocycles. The number of aliphatic hydroxyl groups is 11. The van der Waals surface area contributed by atoms with Crippen molar-refractivity contribution in [2.75, 3.05) is 7.11 Å². The Morgan fingerprint density at radius 1 is 0.589 bits per heavy atom. The third-order valence-corrected chi connectivity index (χ3v) is 23.4. The van der Waals surface area contributed by atoms with Crippen LogP contribution in [0, 0.1) is 12.8 Å². The van der Waals surface area contributed by atoms with Crippen LogP contribution in [0.4, 0.5) is 0 Å². The van der Waals surface area contributed by atoms with Crippen LogP contribution in [0.25, 0.3) is 10.8 Å². The fourth-order valence-electron chi connectivity index (χ4n) is 16.8. The predicted octanol–water partition coefficient (Wildman–Crippen LogP) is 0.771. The van der Waals surface area contributed by atoms with Crippen LogP contribution in [-0.4, -0.2) is 290 Å². The quantitative estimate of drug-likeness (QED) is 0.0539. The lowest BCUT2D eigenvalue weighted by molar-refractivity contribution is -0.334. The zero-order valence-electron chi connectivity index (χ0n) is 63.7. The van der Waals surface area contributed by atoms with E-state index in [-0.39, 0.29) is 118 Å². The van der Waals surface area contributed by atoms with Gasteiger partial charge in [0.05, 0.1) is 107 Å². The van der Waals surface area contributed by atoms with Gasteiger partial charge in [-0.2, -0.15) is 0 Å². The molecule has 6 aliphatic heterocycles. The first-order valence-electron chi connectivity index (χ1n) is 37.7. The summed E-state index contributed by atoms with van der Waals surface area (Å²) in [5.41, 5.74) is 1.91. The van der Waals surface area contributed by atoms with E-state index in [1.807, 2.05) is 0 Å². The molecule has 31 atom stereocenters. The number of methoxy groups -OCH3 is 1. The summed E-state index contributed by atoms with van der Waals surface area (Å²) in [6.45, 7) is 14.9. The molecule has 9 aliphatic rings. The van der Waals surface area contributed by atoms with Crippen LogP contribution in [-0.2, 0) is 79.3 Å². The lowest BCUT2D eigenvalue weighted by Crippen LogP contribution is -2.58. The number of aromatic hydroxyl groups is 4. The first kappa shape index (κ1) is 84.9. The van der Waals surface area contributed by atoms with Gasteiger partial charge < -0.3 is 144 Å². The van der Waals surface area contributed by atoms with Crippen molar-refractivity contribution in [1.29, 1.82) is 0 Å². The number of nitrogens with two attached hydrogens (primary N) is 1. The maximum Gasteiger partial charge on any atom is 0.202 e. The summed E-state index contributed by atoms with van der Waals surface area (Å²) in [6, 6.07) is 8.43. The molecule has 34 heteroatoms. The van der Waals surface area contributed by atoms with E-state index >= 15 is 4.79 Å². The van der Waals surface area contributed by atoms with Gasteiger partial charge >= 0.3 is 0 Å². The van der Waals surface area contributed by atoms with Crippen LogP contribution < -0.4 is 10.5 Å². The third-order valence-electron chi connectivity index (χ3n) is 23.4. The lowest BCUT2D eigenvalue weighted by Gasteiger charge is -2.46. The second kappa shape index (κ2) is 33.3. The van der Waals surface area contributed by atoms with E-state index in [0.717, 1.165) is 0 Å². The highest BCUT2D eigenvalue weighted by molar-refractivity contribution is 6.30. The first-order chi connectivity index (χ1) is 52.6. The van der Waals surface area contributed by atoms with E-state index in [0.29, 0.717) is 0 Å². The van der Waals surface area contributed by atoms with Crippen LogP contribution in [0.1, 0.15) is 178 Å². The Balaban J connectivity index is 0.000000268. The van der Waals surface area contributed by atoms with Gasteiger partial charge in [-0.1, -0.05) is 24.3 Å². The van der Waals surface area contributed by atoms with Crippen LogP contribution in [0.3, 0.4) is 0 Å². The zero-order valence-corrected chi connectivity index (χ0v) is 63.7. The predicted molar refractivity (Wildman–Crippen MR) is 382 cm³/mol. The zero-order chi connectivity index (χ0) is 81.7. The molecular formula is C78H103NO33. The molecule has 13 rings (SSSR count). The molecule has 0 spiro atoms. The van der Waals surface area contributed by atoms with E-state index in [9.17, 15) is 95.8 Å². The number of ketones is 5. The van der Waals surface area contributed by atoms with Gasteiger partial charge in [0.15, 0.2) is 60.4 Å². The highest BCUT2D eigenvalue weighted by atomic mass is 16.7. The average Bonchev–Trinajstić information content (AvgIpc) is 0.712. The molecule has 4 aromatic rings. The number of Topliss-reactive ketones (excluding diaryl/α,β-unsaturated/α-hetero) is 3. The Kier molecular flexibility index (Phi) is 25.2. The van der Waals surface area contributed by atoms with Crippen molar-refractivity contribution in [2.24, 2.45) is 11.7 Å². The van der Waals surface area contributed by atoms with Gasteiger partial charge in [-0.25, -0.2) is 0 Å². The Morgan fingerprint density at radius 2 is 1.08 bits per heavy atom. The normalized spacial score (nSPS) is 38.9. The van der Waals surface area contributed by atoms with Gasteiger partial charge in [-0.3, -0.25) is 24.0 Å². The summed E-state index contributed by atoms with van der Waals surface area (Å²) in [5.74, 6) is -7.13. The second-order valence-electron chi connectivity index (χ2n) is 31.5. The summed E-state index contributed by atoms with van der Waals surface area (Å²) in [7, 11) is 1.18. The number of phenols is 4. The molecule has 0 unspecified atom stereocenters. The molecule has 0 bridgehead atoms. The molecule has 112 heavy (non-hydrogen) atoms. The van der Waals surface area contributed by atoms with Crippen molar-refractivity contribution in [3.05, 3.63) is 86.5 Å². The topological polar surface area (TPSA) is 535 Å². The summed E-state index contributed by atoms with van der Waals surface area (Å²) in [4.78, 5) is 67.9. The maximum absolute atomic E-state index is 15.0. The minimum absolute atomic E-state index is 0.00588. The highest BCUT2D eigenvalue weighted by Gasteiger charge is 2.54. The van der Waals surface area contributed by atoms with E-state index in [4.69, 9.17) is 67.3 Å². The number of aliphatic hydroxyl groups excluding tert-OH is 9.